The van der Waals surface area contributed by atoms with Crippen LogP contribution in [0.25, 0.3) is 0 Å². The van der Waals surface area contributed by atoms with Crippen LogP contribution in [0.15, 0.2) is 18.2 Å². The summed E-state index contributed by atoms with van der Waals surface area (Å²) in [4.78, 5) is 0. The van der Waals surface area contributed by atoms with Crippen molar-refractivity contribution in [3.05, 3.63) is 28.8 Å². The third-order valence-corrected chi connectivity index (χ3v) is 2.60. The highest BCUT2D eigenvalue weighted by Crippen LogP contribution is 2.25. The number of halogens is 1. The molecule has 0 atom stereocenters. The van der Waals surface area contributed by atoms with E-state index in [1.807, 2.05) is 19.1 Å². The first-order valence-corrected chi connectivity index (χ1v) is 4.69. The van der Waals surface area contributed by atoms with Crippen molar-refractivity contribution < 1.29 is 8.54 Å². The first kappa shape index (κ1) is 7.83. The van der Waals surface area contributed by atoms with Crippen LogP contribution >= 0.6 is 11.6 Å². The summed E-state index contributed by atoms with van der Waals surface area (Å²) in [6.07, 6.45) is 0. The van der Waals surface area contributed by atoms with Crippen LogP contribution in [0.2, 0.25) is 5.02 Å². The molecule has 0 saturated carbocycles. The molecule has 2 nitrogen and oxygen atoms in total. The summed E-state index contributed by atoms with van der Waals surface area (Å²) in [5, 5.41) is 0.688. The summed E-state index contributed by atoms with van der Waals surface area (Å²) in [6.45, 7) is 1.92. The Morgan fingerprint density at radius 2 is 2.33 bits per heavy atom. The summed E-state index contributed by atoms with van der Waals surface area (Å²) < 4.78 is 10.5. The Morgan fingerprint density at radius 3 is 3.17 bits per heavy atom. The molecule has 1 heterocycles. The predicted octanol–water partition coefficient (Wildman–Crippen LogP) is 2.00. The lowest BCUT2D eigenvalue weighted by Crippen LogP contribution is -2.13. The lowest BCUT2D eigenvalue weighted by atomic mass is 10.1. The van der Waals surface area contributed by atoms with Gasteiger partial charge in [0.05, 0.1) is 5.75 Å². The van der Waals surface area contributed by atoms with Crippen molar-refractivity contribution in [3.63, 3.8) is 0 Å². The molecule has 0 amide bonds. The summed E-state index contributed by atoms with van der Waals surface area (Å²) >= 11 is 5.80. The van der Waals surface area contributed by atoms with Gasteiger partial charge in [0.25, 0.3) is 5.78 Å². The average Bonchev–Trinajstić information content (AvgIpc) is 2.04. The standard InChI is InChI=1S/C8H6ClO2Si/c1-5-7-3-2-6(9)4-8(7)11-12-10-5/h2-4H,1H3. The fourth-order valence-corrected chi connectivity index (χ4v) is 1.75. The van der Waals surface area contributed by atoms with Crippen molar-refractivity contribution >= 4 is 27.4 Å². The normalized spacial score (nSPS) is 14.0. The lowest BCUT2D eigenvalue weighted by molar-refractivity contribution is -0.102. The van der Waals surface area contributed by atoms with Crippen LogP contribution in [-0.2, 0) is 0 Å². The highest BCUT2D eigenvalue weighted by molar-refractivity contribution is 6.31. The van der Waals surface area contributed by atoms with Crippen molar-refractivity contribution in [2.75, 3.05) is 0 Å². The van der Waals surface area contributed by atoms with Gasteiger partial charge in [0, 0.05) is 11.9 Å². The molecule has 2 rings (SSSR count). The van der Waals surface area contributed by atoms with E-state index in [-0.39, 0.29) is 10.0 Å². The molecule has 61 valence electrons. The first-order valence-electron chi connectivity index (χ1n) is 3.49. The molecule has 0 unspecified atom stereocenters. The third kappa shape index (κ3) is 1.25. The smallest absolute Gasteiger partial charge is 0.424 e. The highest BCUT2D eigenvalue weighted by Gasteiger charge is 2.15. The molecule has 12 heavy (non-hydrogen) atoms. The second kappa shape index (κ2) is 2.92. The molecule has 1 aliphatic heterocycles. The fraction of sp³-hybridized carbons (Fsp3) is 0.125. The maximum absolute atomic E-state index is 5.80. The Balaban J connectivity index is 2.56. The number of hydrogen-bond acceptors (Lipinski definition) is 1. The van der Waals surface area contributed by atoms with Crippen LogP contribution in [0.5, 0.6) is 5.75 Å². The van der Waals surface area contributed by atoms with Gasteiger partial charge in [-0.25, -0.2) is 0 Å². The Labute approximate surface area is 77.9 Å². The van der Waals surface area contributed by atoms with Crippen LogP contribution < -0.4 is 4.43 Å². The Kier molecular flexibility index (Phi) is 1.90. The van der Waals surface area contributed by atoms with Crippen LogP contribution in [0.1, 0.15) is 16.6 Å². The van der Waals surface area contributed by atoms with Crippen molar-refractivity contribution in [3.8, 4) is 5.75 Å². The van der Waals surface area contributed by atoms with Crippen LogP contribution in [0.3, 0.4) is 0 Å². The van der Waals surface area contributed by atoms with Crippen molar-refractivity contribution in [1.82, 2.24) is 0 Å². The first-order chi connectivity index (χ1) is 5.77. The minimum atomic E-state index is 0.0497. The van der Waals surface area contributed by atoms with E-state index >= 15 is 0 Å². The zero-order valence-corrected chi connectivity index (χ0v) is 8.18. The minimum absolute atomic E-state index is 0.0497. The van der Waals surface area contributed by atoms with Gasteiger partial charge in [0.1, 0.15) is 5.56 Å². The maximum Gasteiger partial charge on any atom is 0.424 e. The van der Waals surface area contributed by atoms with Crippen LogP contribution in [0.4, 0.5) is 0 Å². The van der Waals surface area contributed by atoms with E-state index < -0.39 is 0 Å². The molecule has 0 fully saturated rings. The zero-order chi connectivity index (χ0) is 8.55. The van der Waals surface area contributed by atoms with Crippen LogP contribution in [0, 0.1) is 0 Å². The number of benzene rings is 1. The number of ketones is 1. The molecule has 0 N–H and O–H groups in total. The minimum Gasteiger partial charge on any atom is -0.629 e. The molecule has 0 spiro atoms. The summed E-state index contributed by atoms with van der Waals surface area (Å²) in [7, 11) is 0.0497. The lowest BCUT2D eigenvalue weighted by Gasteiger charge is -2.15. The molecule has 4 heteroatoms. The topological polar surface area (TPSA) is 20.5 Å². The van der Waals surface area contributed by atoms with Gasteiger partial charge in [-0.2, -0.15) is 0 Å². The Morgan fingerprint density at radius 1 is 1.50 bits per heavy atom. The van der Waals surface area contributed by atoms with Gasteiger partial charge in [-0.3, -0.25) is 0 Å². The molecular formula is C8H6ClO2Si. The van der Waals surface area contributed by atoms with Gasteiger partial charge in [0.2, 0.25) is 0 Å². The zero-order valence-electron chi connectivity index (χ0n) is 6.43. The van der Waals surface area contributed by atoms with Crippen molar-refractivity contribution in [1.29, 1.82) is 0 Å². The molecule has 0 bridgehead atoms. The summed E-state index contributed by atoms with van der Waals surface area (Å²) in [5.41, 5.74) is 0.984. The van der Waals surface area contributed by atoms with Crippen molar-refractivity contribution in [2.45, 2.75) is 6.92 Å². The largest absolute Gasteiger partial charge is 0.629 e. The summed E-state index contributed by atoms with van der Waals surface area (Å²) in [5.74, 6) is 1.70. The third-order valence-electron chi connectivity index (χ3n) is 1.67. The molecule has 0 aromatic heterocycles. The van der Waals surface area contributed by atoms with Gasteiger partial charge in [0.15, 0.2) is 0 Å². The predicted molar refractivity (Wildman–Crippen MR) is 47.8 cm³/mol. The van der Waals surface area contributed by atoms with E-state index in [0.29, 0.717) is 5.02 Å². The van der Waals surface area contributed by atoms with Gasteiger partial charge in [-0.1, -0.05) is 11.6 Å². The molecule has 1 aromatic rings. The van der Waals surface area contributed by atoms with Crippen molar-refractivity contribution in [2.24, 2.45) is 0 Å². The van der Waals surface area contributed by atoms with E-state index in [0.717, 1.165) is 17.1 Å². The number of carbonyl (C=O) groups excluding carboxylic acids is 1. The van der Waals surface area contributed by atoms with E-state index in [4.69, 9.17) is 20.1 Å². The Hall–Kier alpha value is -0.803. The quantitative estimate of drug-likeness (QED) is 0.460. The molecule has 0 aliphatic carbocycles. The van der Waals surface area contributed by atoms with Gasteiger partial charge in [-0.15, -0.1) is 0 Å². The summed E-state index contributed by atoms with van der Waals surface area (Å²) in [6, 6.07) is 5.53. The molecule has 0 saturated heterocycles. The molecule has 1 radical (unpaired) electrons. The Bertz CT molecular complexity index is 349. The molecule has 1 aliphatic rings. The maximum atomic E-state index is 5.80. The van der Waals surface area contributed by atoms with Gasteiger partial charge < -0.3 is 8.54 Å². The van der Waals surface area contributed by atoms with Crippen LogP contribution in [-0.4, -0.2) is 15.8 Å². The highest BCUT2D eigenvalue weighted by atomic mass is 35.5. The van der Waals surface area contributed by atoms with E-state index in [2.05, 4.69) is 0 Å². The van der Waals surface area contributed by atoms with E-state index in [1.165, 1.54) is 0 Å². The second-order valence-electron chi connectivity index (χ2n) is 2.48. The fourth-order valence-electron chi connectivity index (χ4n) is 1.05. The monoisotopic (exact) mass is 197 g/mol. The van der Waals surface area contributed by atoms with E-state index in [1.54, 1.807) is 6.07 Å². The number of rotatable bonds is 0. The average molecular weight is 198 g/mol. The SMILES string of the molecule is CC1=[O+][Si-]Oc2cc(Cl)ccc21. The molecule has 1 aromatic carbocycles. The van der Waals surface area contributed by atoms with Gasteiger partial charge >= 0.3 is 10.0 Å². The van der Waals surface area contributed by atoms with E-state index in [9.17, 15) is 0 Å². The number of fused-ring (bicyclic) bond motifs is 1. The second-order valence-corrected chi connectivity index (χ2v) is 3.50. The molecular weight excluding hydrogens is 192 g/mol. The number of hydrogen-bond donors (Lipinski definition) is 0. The van der Waals surface area contributed by atoms with Gasteiger partial charge in [-0.05, 0) is 18.2 Å².